The molecule has 0 radical (unpaired) electrons. The summed E-state index contributed by atoms with van der Waals surface area (Å²) < 4.78 is 5.38. The minimum Gasteiger partial charge on any atom is -0.456 e. The number of furan rings is 1. The number of aryl methyl sites for hydroxylation is 2. The van der Waals surface area contributed by atoms with Crippen molar-refractivity contribution in [3.05, 3.63) is 77.4 Å². The molecule has 154 valence electrons. The summed E-state index contributed by atoms with van der Waals surface area (Å²) in [5, 5.41) is 3.00. The highest BCUT2D eigenvalue weighted by Gasteiger charge is 2.26. The Morgan fingerprint density at radius 1 is 1.00 bits per heavy atom. The molecule has 0 aliphatic carbocycles. The standard InChI is InChI=1S/C24H25N3O3/c1-16-8-11-22(30-16)23(28)26-19-12-14-27(15-13-19)24(29)20-9-10-21(25-17(20)2)18-6-4-3-5-7-18/h3-11,19H,12-15H2,1-2H3,(H,26,28). The van der Waals surface area contributed by atoms with Crippen LogP contribution < -0.4 is 5.32 Å². The van der Waals surface area contributed by atoms with Crippen molar-refractivity contribution < 1.29 is 14.0 Å². The number of rotatable bonds is 4. The molecule has 3 heterocycles. The van der Waals surface area contributed by atoms with Gasteiger partial charge in [0, 0.05) is 24.7 Å². The van der Waals surface area contributed by atoms with Gasteiger partial charge in [-0.05, 0) is 51.0 Å². The van der Waals surface area contributed by atoms with E-state index in [9.17, 15) is 9.59 Å². The van der Waals surface area contributed by atoms with Gasteiger partial charge in [0.2, 0.25) is 0 Å². The van der Waals surface area contributed by atoms with E-state index in [1.54, 1.807) is 12.1 Å². The molecule has 1 aliphatic rings. The van der Waals surface area contributed by atoms with Crippen molar-refractivity contribution >= 4 is 11.8 Å². The highest BCUT2D eigenvalue weighted by Crippen LogP contribution is 2.21. The minimum absolute atomic E-state index is 0.00829. The number of carbonyl (C=O) groups excluding carboxylic acids is 2. The zero-order valence-corrected chi connectivity index (χ0v) is 17.2. The topological polar surface area (TPSA) is 75.4 Å². The number of nitrogens with one attached hydrogen (secondary N) is 1. The lowest BCUT2D eigenvalue weighted by molar-refractivity contribution is 0.0694. The van der Waals surface area contributed by atoms with E-state index in [1.165, 1.54) is 0 Å². The monoisotopic (exact) mass is 403 g/mol. The third-order valence-electron chi connectivity index (χ3n) is 5.47. The molecule has 1 fully saturated rings. The first-order chi connectivity index (χ1) is 14.5. The fraction of sp³-hybridized carbons (Fsp3) is 0.292. The van der Waals surface area contributed by atoms with Gasteiger partial charge in [0.05, 0.1) is 17.0 Å². The normalized spacial score (nSPS) is 14.5. The van der Waals surface area contributed by atoms with E-state index in [0.29, 0.717) is 43.0 Å². The summed E-state index contributed by atoms with van der Waals surface area (Å²) in [5.41, 5.74) is 3.25. The first kappa shape index (κ1) is 19.9. The summed E-state index contributed by atoms with van der Waals surface area (Å²) in [6.07, 6.45) is 1.43. The number of carbonyl (C=O) groups is 2. The number of amides is 2. The third-order valence-corrected chi connectivity index (χ3v) is 5.47. The van der Waals surface area contributed by atoms with Crippen LogP contribution in [-0.4, -0.2) is 40.8 Å². The van der Waals surface area contributed by atoms with E-state index >= 15 is 0 Å². The lowest BCUT2D eigenvalue weighted by Gasteiger charge is -2.32. The zero-order chi connectivity index (χ0) is 21.1. The molecule has 6 heteroatoms. The van der Waals surface area contributed by atoms with Crippen molar-refractivity contribution in [2.75, 3.05) is 13.1 Å². The van der Waals surface area contributed by atoms with Crippen molar-refractivity contribution in [2.45, 2.75) is 32.7 Å². The summed E-state index contributed by atoms with van der Waals surface area (Å²) in [6.45, 7) is 4.88. The van der Waals surface area contributed by atoms with E-state index in [-0.39, 0.29) is 17.9 Å². The van der Waals surface area contributed by atoms with Crippen LogP contribution in [-0.2, 0) is 0 Å². The van der Waals surface area contributed by atoms with Crippen LogP contribution in [0.4, 0.5) is 0 Å². The molecule has 3 aromatic rings. The molecular weight excluding hydrogens is 378 g/mol. The maximum atomic E-state index is 13.0. The Labute approximate surface area is 175 Å². The van der Waals surface area contributed by atoms with Crippen LogP contribution in [0.2, 0.25) is 0 Å². The molecule has 6 nitrogen and oxygen atoms in total. The Kier molecular flexibility index (Phi) is 5.65. The number of hydrogen-bond acceptors (Lipinski definition) is 4. The molecule has 1 aromatic carbocycles. The van der Waals surface area contributed by atoms with Crippen LogP contribution in [0.3, 0.4) is 0 Å². The molecule has 2 amide bonds. The second-order valence-electron chi connectivity index (χ2n) is 7.65. The first-order valence-corrected chi connectivity index (χ1v) is 10.2. The highest BCUT2D eigenvalue weighted by molar-refractivity contribution is 5.95. The Bertz CT molecular complexity index is 1050. The molecule has 2 aromatic heterocycles. The van der Waals surface area contributed by atoms with Gasteiger partial charge in [0.15, 0.2) is 5.76 Å². The SMILES string of the molecule is Cc1ccc(C(=O)NC2CCN(C(=O)c3ccc(-c4ccccc4)nc3C)CC2)o1. The molecular formula is C24H25N3O3. The molecule has 1 saturated heterocycles. The van der Waals surface area contributed by atoms with Gasteiger partial charge >= 0.3 is 0 Å². The second-order valence-corrected chi connectivity index (χ2v) is 7.65. The number of likely N-dealkylation sites (tertiary alicyclic amines) is 1. The van der Waals surface area contributed by atoms with E-state index in [0.717, 1.165) is 17.0 Å². The van der Waals surface area contributed by atoms with Gasteiger partial charge in [-0.15, -0.1) is 0 Å². The number of aromatic nitrogens is 1. The van der Waals surface area contributed by atoms with Crippen LogP contribution in [0.25, 0.3) is 11.3 Å². The van der Waals surface area contributed by atoms with Crippen molar-refractivity contribution in [1.82, 2.24) is 15.2 Å². The Hall–Kier alpha value is -3.41. The molecule has 1 N–H and O–H groups in total. The molecule has 30 heavy (non-hydrogen) atoms. The number of nitrogens with zero attached hydrogens (tertiary/aromatic N) is 2. The van der Waals surface area contributed by atoms with Gasteiger partial charge in [-0.25, -0.2) is 0 Å². The number of piperidine rings is 1. The molecule has 0 bridgehead atoms. The highest BCUT2D eigenvalue weighted by atomic mass is 16.3. The van der Waals surface area contributed by atoms with Crippen LogP contribution in [0.1, 0.15) is 45.2 Å². The van der Waals surface area contributed by atoms with E-state index < -0.39 is 0 Å². The smallest absolute Gasteiger partial charge is 0.287 e. The first-order valence-electron chi connectivity index (χ1n) is 10.2. The average Bonchev–Trinajstić information content (AvgIpc) is 3.21. The summed E-state index contributed by atoms with van der Waals surface area (Å²) in [7, 11) is 0. The Morgan fingerprint density at radius 2 is 1.73 bits per heavy atom. The predicted molar refractivity (Wildman–Crippen MR) is 114 cm³/mol. The lowest BCUT2D eigenvalue weighted by atomic mass is 10.0. The molecule has 1 aliphatic heterocycles. The largest absolute Gasteiger partial charge is 0.456 e. The zero-order valence-electron chi connectivity index (χ0n) is 17.2. The van der Waals surface area contributed by atoms with Gasteiger partial charge in [-0.3, -0.25) is 14.6 Å². The number of benzene rings is 1. The minimum atomic E-state index is -0.204. The van der Waals surface area contributed by atoms with E-state index in [2.05, 4.69) is 10.3 Å². The van der Waals surface area contributed by atoms with Crippen molar-refractivity contribution in [3.8, 4) is 11.3 Å². The fourth-order valence-corrected chi connectivity index (χ4v) is 3.77. The van der Waals surface area contributed by atoms with Crippen LogP contribution in [0, 0.1) is 13.8 Å². The van der Waals surface area contributed by atoms with Gasteiger partial charge in [-0.2, -0.15) is 0 Å². The van der Waals surface area contributed by atoms with Crippen molar-refractivity contribution in [2.24, 2.45) is 0 Å². The lowest BCUT2D eigenvalue weighted by Crippen LogP contribution is -2.46. The molecule has 0 spiro atoms. The Morgan fingerprint density at radius 3 is 2.37 bits per heavy atom. The molecule has 0 saturated carbocycles. The van der Waals surface area contributed by atoms with Gasteiger partial charge in [0.1, 0.15) is 5.76 Å². The van der Waals surface area contributed by atoms with Crippen molar-refractivity contribution in [3.63, 3.8) is 0 Å². The van der Waals surface area contributed by atoms with Crippen LogP contribution >= 0.6 is 0 Å². The van der Waals surface area contributed by atoms with Crippen LogP contribution in [0.5, 0.6) is 0 Å². The summed E-state index contributed by atoms with van der Waals surface area (Å²) in [5.74, 6) is 0.824. The van der Waals surface area contributed by atoms with E-state index in [1.807, 2.05) is 61.2 Å². The maximum Gasteiger partial charge on any atom is 0.287 e. The van der Waals surface area contributed by atoms with Crippen molar-refractivity contribution in [1.29, 1.82) is 0 Å². The summed E-state index contributed by atoms with van der Waals surface area (Å²) in [4.78, 5) is 31.7. The van der Waals surface area contributed by atoms with Gasteiger partial charge in [0.25, 0.3) is 11.8 Å². The summed E-state index contributed by atoms with van der Waals surface area (Å²) >= 11 is 0. The van der Waals surface area contributed by atoms with E-state index in [4.69, 9.17) is 4.42 Å². The fourth-order valence-electron chi connectivity index (χ4n) is 3.77. The predicted octanol–water partition coefficient (Wildman–Crippen LogP) is 3.99. The summed E-state index contributed by atoms with van der Waals surface area (Å²) in [6, 6.07) is 17.2. The van der Waals surface area contributed by atoms with Crippen LogP contribution in [0.15, 0.2) is 59.0 Å². The maximum absolute atomic E-state index is 13.0. The quantitative estimate of drug-likeness (QED) is 0.715. The molecule has 0 unspecified atom stereocenters. The average molecular weight is 403 g/mol. The second kappa shape index (κ2) is 8.53. The number of pyridine rings is 1. The van der Waals surface area contributed by atoms with Gasteiger partial charge < -0.3 is 14.6 Å². The Balaban J connectivity index is 1.37. The van der Waals surface area contributed by atoms with Gasteiger partial charge in [-0.1, -0.05) is 30.3 Å². The number of hydrogen-bond donors (Lipinski definition) is 1. The molecule has 0 atom stereocenters. The molecule has 4 rings (SSSR count). The third kappa shape index (κ3) is 4.27.